The first-order chi connectivity index (χ1) is 13.6. The molecule has 2 rings (SSSR count). The van der Waals surface area contributed by atoms with E-state index in [1.165, 1.54) is 12.1 Å². The fraction of sp³-hybridized carbons (Fsp3) is 0.300. The highest BCUT2D eigenvalue weighted by molar-refractivity contribution is 9.10. The van der Waals surface area contributed by atoms with Gasteiger partial charge < -0.3 is 10.1 Å². The predicted molar refractivity (Wildman–Crippen MR) is 114 cm³/mol. The van der Waals surface area contributed by atoms with Crippen LogP contribution < -0.4 is 10.0 Å². The first-order valence-corrected chi connectivity index (χ1v) is 11.2. The molecule has 0 bridgehead atoms. The summed E-state index contributed by atoms with van der Waals surface area (Å²) in [5.74, 6) is -1.71. The molecule has 0 spiro atoms. The Morgan fingerprint density at radius 2 is 1.76 bits per heavy atom. The van der Waals surface area contributed by atoms with Crippen LogP contribution in [0, 0.1) is 12.8 Å². The summed E-state index contributed by atoms with van der Waals surface area (Å²) in [6.07, 6.45) is 0. The second-order valence-electron chi connectivity index (χ2n) is 6.78. The lowest BCUT2D eigenvalue weighted by molar-refractivity contribution is -0.150. The van der Waals surface area contributed by atoms with Gasteiger partial charge in [-0.25, -0.2) is 8.42 Å². The summed E-state index contributed by atoms with van der Waals surface area (Å²) in [5.41, 5.74) is 1.51. The number of anilines is 1. The average Bonchev–Trinajstić information content (AvgIpc) is 2.67. The van der Waals surface area contributed by atoms with Gasteiger partial charge in [-0.05, 0) is 48.7 Å². The zero-order chi connectivity index (χ0) is 21.6. The number of carbonyl (C=O) groups excluding carboxylic acids is 2. The van der Waals surface area contributed by atoms with Crippen LogP contribution in [0.25, 0.3) is 0 Å². The molecule has 0 fully saturated rings. The van der Waals surface area contributed by atoms with Crippen molar-refractivity contribution in [2.75, 3.05) is 11.9 Å². The Morgan fingerprint density at radius 1 is 1.10 bits per heavy atom. The fourth-order valence-corrected chi connectivity index (χ4v) is 4.04. The summed E-state index contributed by atoms with van der Waals surface area (Å²) in [6.45, 7) is 4.73. The molecule has 9 heteroatoms. The van der Waals surface area contributed by atoms with E-state index in [1.54, 1.807) is 50.2 Å². The maximum atomic E-state index is 12.5. The SMILES string of the molecule is Cc1cc(NC(=O)COC(=O)[C@@H](NS(=O)(=O)c2ccccc2)C(C)C)ccc1Br. The highest BCUT2D eigenvalue weighted by atomic mass is 79.9. The molecule has 29 heavy (non-hydrogen) atoms. The quantitative estimate of drug-likeness (QED) is 0.562. The number of aryl methyl sites for hydroxylation is 1. The van der Waals surface area contributed by atoms with Gasteiger partial charge in [0.2, 0.25) is 10.0 Å². The van der Waals surface area contributed by atoms with Crippen LogP contribution in [0.5, 0.6) is 0 Å². The van der Waals surface area contributed by atoms with Gasteiger partial charge in [0.05, 0.1) is 4.90 Å². The molecule has 0 saturated carbocycles. The second-order valence-corrected chi connectivity index (χ2v) is 9.34. The summed E-state index contributed by atoms with van der Waals surface area (Å²) in [5, 5.41) is 2.63. The Kier molecular flexibility index (Phi) is 7.95. The normalized spacial score (nSPS) is 12.4. The zero-order valence-corrected chi connectivity index (χ0v) is 18.7. The van der Waals surface area contributed by atoms with Gasteiger partial charge in [0.1, 0.15) is 6.04 Å². The van der Waals surface area contributed by atoms with Gasteiger partial charge in [0.25, 0.3) is 5.91 Å². The summed E-state index contributed by atoms with van der Waals surface area (Å²) in [6, 6.07) is 11.9. The van der Waals surface area contributed by atoms with Gasteiger partial charge in [-0.3, -0.25) is 9.59 Å². The van der Waals surface area contributed by atoms with Crippen LogP contribution in [0.1, 0.15) is 19.4 Å². The lowest BCUT2D eigenvalue weighted by Crippen LogP contribution is -2.45. The molecule has 0 aliphatic carbocycles. The number of hydrogen-bond acceptors (Lipinski definition) is 5. The Balaban J connectivity index is 1.98. The van der Waals surface area contributed by atoms with Gasteiger partial charge in [-0.2, -0.15) is 4.72 Å². The molecule has 0 unspecified atom stereocenters. The number of sulfonamides is 1. The molecule has 0 aromatic heterocycles. The summed E-state index contributed by atoms with van der Waals surface area (Å²) >= 11 is 3.38. The number of carbonyl (C=O) groups is 2. The molecule has 0 aliphatic rings. The molecule has 0 saturated heterocycles. The van der Waals surface area contributed by atoms with Crippen molar-refractivity contribution in [1.82, 2.24) is 4.72 Å². The van der Waals surface area contributed by atoms with Crippen LogP contribution in [-0.4, -0.2) is 32.9 Å². The Morgan fingerprint density at radius 3 is 2.34 bits per heavy atom. The van der Waals surface area contributed by atoms with Crippen molar-refractivity contribution < 1.29 is 22.7 Å². The van der Waals surface area contributed by atoms with Crippen LogP contribution in [-0.2, 0) is 24.3 Å². The van der Waals surface area contributed by atoms with Crippen LogP contribution in [0.2, 0.25) is 0 Å². The van der Waals surface area contributed by atoms with E-state index < -0.39 is 34.5 Å². The predicted octanol–water partition coefficient (Wildman–Crippen LogP) is 3.24. The highest BCUT2D eigenvalue weighted by Gasteiger charge is 2.30. The maximum Gasteiger partial charge on any atom is 0.324 e. The van der Waals surface area contributed by atoms with Gasteiger partial charge in [0, 0.05) is 10.2 Å². The minimum absolute atomic E-state index is 0.0433. The van der Waals surface area contributed by atoms with Crippen molar-refractivity contribution in [3.8, 4) is 0 Å². The number of hydrogen-bond donors (Lipinski definition) is 2. The maximum absolute atomic E-state index is 12.5. The average molecular weight is 483 g/mol. The minimum Gasteiger partial charge on any atom is -0.454 e. The van der Waals surface area contributed by atoms with Gasteiger partial charge in [-0.15, -0.1) is 0 Å². The first-order valence-electron chi connectivity index (χ1n) is 8.90. The summed E-state index contributed by atoms with van der Waals surface area (Å²) in [4.78, 5) is 24.5. The molecule has 156 valence electrons. The van der Waals surface area contributed by atoms with E-state index in [9.17, 15) is 18.0 Å². The number of esters is 1. The standard InChI is InChI=1S/C20H23BrN2O5S/c1-13(2)19(23-29(26,27)16-7-5-4-6-8-16)20(25)28-12-18(24)22-15-9-10-17(21)14(3)11-15/h4-11,13,19,23H,12H2,1-3H3,(H,22,24)/t19-/m0/s1. The lowest BCUT2D eigenvalue weighted by Gasteiger charge is -2.20. The Bertz CT molecular complexity index is 978. The van der Waals surface area contributed by atoms with Gasteiger partial charge in [0.15, 0.2) is 6.61 Å². The third-order valence-electron chi connectivity index (χ3n) is 4.04. The van der Waals surface area contributed by atoms with E-state index in [2.05, 4.69) is 26.0 Å². The van der Waals surface area contributed by atoms with Gasteiger partial charge in [-0.1, -0.05) is 48.0 Å². The van der Waals surface area contributed by atoms with Crippen molar-refractivity contribution in [2.24, 2.45) is 5.92 Å². The third-order valence-corrected chi connectivity index (χ3v) is 6.39. The number of nitrogens with one attached hydrogen (secondary N) is 2. The number of halogens is 1. The van der Waals surface area contributed by atoms with Crippen molar-refractivity contribution >= 4 is 43.5 Å². The number of benzene rings is 2. The molecule has 0 heterocycles. The molecule has 2 N–H and O–H groups in total. The van der Waals surface area contributed by atoms with Crippen molar-refractivity contribution in [1.29, 1.82) is 0 Å². The van der Waals surface area contributed by atoms with Crippen molar-refractivity contribution in [3.05, 3.63) is 58.6 Å². The first kappa shape index (κ1) is 23.1. The van der Waals surface area contributed by atoms with E-state index in [-0.39, 0.29) is 10.8 Å². The molecular formula is C20H23BrN2O5S. The number of ether oxygens (including phenoxy) is 1. The largest absolute Gasteiger partial charge is 0.454 e. The smallest absolute Gasteiger partial charge is 0.324 e. The van der Waals surface area contributed by atoms with Crippen molar-refractivity contribution in [3.63, 3.8) is 0 Å². The number of amides is 1. The summed E-state index contributed by atoms with van der Waals surface area (Å²) in [7, 11) is -3.90. The topological polar surface area (TPSA) is 102 Å². The minimum atomic E-state index is -3.90. The second kappa shape index (κ2) is 10.00. The fourth-order valence-electron chi connectivity index (χ4n) is 2.44. The molecule has 0 radical (unpaired) electrons. The molecule has 0 aliphatic heterocycles. The van der Waals surface area contributed by atoms with Crippen LogP contribution in [0.4, 0.5) is 5.69 Å². The van der Waals surface area contributed by atoms with Crippen LogP contribution in [0.3, 0.4) is 0 Å². The number of rotatable bonds is 8. The molecule has 1 amide bonds. The molecule has 2 aromatic rings. The molecular weight excluding hydrogens is 460 g/mol. The van der Waals surface area contributed by atoms with Crippen molar-refractivity contribution in [2.45, 2.75) is 31.7 Å². The molecule has 2 aromatic carbocycles. The molecule has 1 atom stereocenters. The highest BCUT2D eigenvalue weighted by Crippen LogP contribution is 2.20. The zero-order valence-electron chi connectivity index (χ0n) is 16.3. The molecule has 7 nitrogen and oxygen atoms in total. The Labute approximate surface area is 179 Å². The summed E-state index contributed by atoms with van der Waals surface area (Å²) < 4.78 is 33.3. The van der Waals surface area contributed by atoms with E-state index in [4.69, 9.17) is 4.74 Å². The van der Waals surface area contributed by atoms with Crippen LogP contribution in [0.15, 0.2) is 57.9 Å². The van der Waals surface area contributed by atoms with Crippen LogP contribution >= 0.6 is 15.9 Å². The van der Waals surface area contributed by atoms with E-state index in [0.29, 0.717) is 5.69 Å². The van der Waals surface area contributed by atoms with E-state index >= 15 is 0 Å². The Hall–Kier alpha value is -2.23. The van der Waals surface area contributed by atoms with E-state index in [1.807, 2.05) is 6.92 Å². The monoisotopic (exact) mass is 482 g/mol. The van der Waals surface area contributed by atoms with E-state index in [0.717, 1.165) is 10.0 Å². The van der Waals surface area contributed by atoms with Gasteiger partial charge >= 0.3 is 5.97 Å². The lowest BCUT2D eigenvalue weighted by atomic mass is 10.1. The third kappa shape index (κ3) is 6.66.